The van der Waals surface area contributed by atoms with E-state index >= 15 is 0 Å². The molecule has 0 bridgehead atoms. The van der Waals surface area contributed by atoms with Gasteiger partial charge in [0.1, 0.15) is 5.75 Å². The van der Waals surface area contributed by atoms with E-state index in [-0.39, 0.29) is 11.6 Å². The quantitative estimate of drug-likeness (QED) is 0.873. The van der Waals surface area contributed by atoms with Crippen LogP contribution in [0.2, 0.25) is 0 Å². The lowest BCUT2D eigenvalue weighted by molar-refractivity contribution is 0.130. The Bertz CT molecular complexity index is 403. The van der Waals surface area contributed by atoms with Gasteiger partial charge < -0.3 is 15.4 Å². The van der Waals surface area contributed by atoms with E-state index in [4.69, 9.17) is 10.5 Å². The molecule has 2 N–H and O–H groups in total. The number of nitrogens with zero attached hydrogens (tertiary/aromatic N) is 1. The highest BCUT2D eigenvalue weighted by Gasteiger charge is 2.34. The van der Waals surface area contributed by atoms with Gasteiger partial charge in [0, 0.05) is 11.1 Å². The lowest BCUT2D eigenvalue weighted by atomic mass is 9.83. The number of benzene rings is 1. The predicted octanol–water partition coefficient (Wildman–Crippen LogP) is 2.73. The second-order valence-electron chi connectivity index (χ2n) is 5.33. The maximum Gasteiger partial charge on any atom is 0.123 e. The van der Waals surface area contributed by atoms with Crippen LogP contribution in [0.4, 0.5) is 0 Å². The van der Waals surface area contributed by atoms with Crippen LogP contribution < -0.4 is 10.5 Å². The highest BCUT2D eigenvalue weighted by Crippen LogP contribution is 2.35. The van der Waals surface area contributed by atoms with Gasteiger partial charge in [0.05, 0.1) is 13.2 Å². The summed E-state index contributed by atoms with van der Waals surface area (Å²) in [6, 6.07) is 6.10. The Hall–Kier alpha value is -1.06. The summed E-state index contributed by atoms with van der Waals surface area (Å²) in [5.41, 5.74) is 8.71. The van der Waals surface area contributed by atoms with E-state index in [0.29, 0.717) is 0 Å². The van der Waals surface area contributed by atoms with Crippen LogP contribution >= 0.6 is 0 Å². The zero-order valence-electron chi connectivity index (χ0n) is 12.4. The smallest absolute Gasteiger partial charge is 0.123 e. The third-order valence-electron chi connectivity index (χ3n) is 4.13. The molecule has 0 heterocycles. The van der Waals surface area contributed by atoms with E-state index in [2.05, 4.69) is 45.8 Å². The Morgan fingerprint density at radius 3 is 2.44 bits per heavy atom. The Morgan fingerprint density at radius 2 is 2.00 bits per heavy atom. The minimum atomic E-state index is -0.0823. The third-order valence-corrected chi connectivity index (χ3v) is 4.13. The van der Waals surface area contributed by atoms with Crippen LogP contribution in [-0.2, 0) is 0 Å². The molecule has 0 saturated carbocycles. The van der Waals surface area contributed by atoms with E-state index in [1.807, 2.05) is 12.1 Å². The largest absolute Gasteiger partial charge is 0.496 e. The fraction of sp³-hybridized carbons (Fsp3) is 0.600. The number of rotatable bonds is 5. The Morgan fingerprint density at radius 1 is 1.39 bits per heavy atom. The molecule has 102 valence electrons. The molecule has 0 aromatic heterocycles. The van der Waals surface area contributed by atoms with Crippen molar-refractivity contribution in [3.8, 4) is 5.75 Å². The minimum absolute atomic E-state index is 0.0765. The summed E-state index contributed by atoms with van der Waals surface area (Å²) >= 11 is 0. The molecule has 0 spiro atoms. The van der Waals surface area contributed by atoms with Gasteiger partial charge >= 0.3 is 0 Å². The van der Waals surface area contributed by atoms with Crippen molar-refractivity contribution < 1.29 is 4.74 Å². The van der Waals surface area contributed by atoms with E-state index in [0.717, 1.165) is 17.7 Å². The molecule has 2 atom stereocenters. The van der Waals surface area contributed by atoms with Crippen molar-refractivity contribution in [2.24, 2.45) is 5.73 Å². The van der Waals surface area contributed by atoms with Crippen LogP contribution in [-0.4, -0.2) is 31.6 Å². The lowest BCUT2D eigenvalue weighted by Crippen LogP contribution is -2.49. The molecule has 3 nitrogen and oxygen atoms in total. The molecule has 1 aromatic carbocycles. The van der Waals surface area contributed by atoms with Gasteiger partial charge in [-0.15, -0.1) is 0 Å². The van der Waals surface area contributed by atoms with Crippen LogP contribution in [0, 0.1) is 6.92 Å². The number of hydrogen-bond acceptors (Lipinski definition) is 3. The van der Waals surface area contributed by atoms with Crippen molar-refractivity contribution in [2.75, 3.05) is 21.2 Å². The van der Waals surface area contributed by atoms with Crippen molar-refractivity contribution in [3.63, 3.8) is 0 Å². The Balaban J connectivity index is 3.24. The van der Waals surface area contributed by atoms with E-state index in [1.54, 1.807) is 7.11 Å². The first-order chi connectivity index (χ1) is 8.36. The predicted molar refractivity (Wildman–Crippen MR) is 77.0 cm³/mol. The number of nitrogens with two attached hydrogens (primary N) is 1. The molecular weight excluding hydrogens is 224 g/mol. The summed E-state index contributed by atoms with van der Waals surface area (Å²) in [7, 11) is 5.84. The standard InChI is InChI=1S/C15H26N2O/c1-7-15(3,17(4)5)14(16)12-10-11(2)8-9-13(12)18-6/h8-10,14H,7,16H2,1-6H3. The molecule has 1 aromatic rings. The number of ether oxygens (including phenoxy) is 1. The second kappa shape index (κ2) is 5.72. The Labute approximate surface area is 111 Å². The van der Waals surface area contributed by atoms with E-state index in [9.17, 15) is 0 Å². The fourth-order valence-corrected chi connectivity index (χ4v) is 2.25. The summed E-state index contributed by atoms with van der Waals surface area (Å²) in [6.45, 7) is 6.44. The van der Waals surface area contributed by atoms with Gasteiger partial charge in [0.2, 0.25) is 0 Å². The van der Waals surface area contributed by atoms with Crippen molar-refractivity contribution in [1.82, 2.24) is 4.90 Å². The molecule has 18 heavy (non-hydrogen) atoms. The number of hydrogen-bond donors (Lipinski definition) is 1. The number of methoxy groups -OCH3 is 1. The van der Waals surface area contributed by atoms with Gasteiger partial charge in [-0.05, 0) is 40.4 Å². The summed E-state index contributed by atoms with van der Waals surface area (Å²) < 4.78 is 5.44. The van der Waals surface area contributed by atoms with Crippen LogP contribution in [0.1, 0.15) is 37.4 Å². The third kappa shape index (κ3) is 2.68. The highest BCUT2D eigenvalue weighted by molar-refractivity contribution is 5.40. The van der Waals surface area contributed by atoms with Gasteiger partial charge in [-0.3, -0.25) is 0 Å². The zero-order chi connectivity index (χ0) is 13.9. The molecule has 0 aliphatic rings. The lowest BCUT2D eigenvalue weighted by Gasteiger charge is -2.41. The fourth-order valence-electron chi connectivity index (χ4n) is 2.25. The topological polar surface area (TPSA) is 38.5 Å². The zero-order valence-corrected chi connectivity index (χ0v) is 12.4. The summed E-state index contributed by atoms with van der Waals surface area (Å²) in [4.78, 5) is 2.19. The van der Waals surface area contributed by atoms with Gasteiger partial charge in [-0.2, -0.15) is 0 Å². The van der Waals surface area contributed by atoms with Crippen molar-refractivity contribution >= 4 is 0 Å². The van der Waals surface area contributed by atoms with Crippen LogP contribution in [0.5, 0.6) is 5.75 Å². The number of aryl methyl sites for hydroxylation is 1. The van der Waals surface area contributed by atoms with Crippen molar-refractivity contribution in [2.45, 2.75) is 38.8 Å². The molecule has 1 rings (SSSR count). The van der Waals surface area contributed by atoms with Gasteiger partial charge in [-0.1, -0.05) is 24.6 Å². The molecule has 0 saturated heterocycles. The first kappa shape index (κ1) is 15.0. The van der Waals surface area contributed by atoms with E-state index < -0.39 is 0 Å². The van der Waals surface area contributed by atoms with Gasteiger partial charge in [0.25, 0.3) is 0 Å². The van der Waals surface area contributed by atoms with Crippen LogP contribution in [0.15, 0.2) is 18.2 Å². The van der Waals surface area contributed by atoms with E-state index in [1.165, 1.54) is 5.56 Å². The SMILES string of the molecule is CCC(C)(C(N)c1cc(C)ccc1OC)N(C)C. The van der Waals surface area contributed by atoms with Crippen molar-refractivity contribution in [3.05, 3.63) is 29.3 Å². The summed E-state index contributed by atoms with van der Waals surface area (Å²) in [6.07, 6.45) is 0.984. The summed E-state index contributed by atoms with van der Waals surface area (Å²) in [5.74, 6) is 0.870. The van der Waals surface area contributed by atoms with Gasteiger partial charge in [-0.25, -0.2) is 0 Å². The average molecular weight is 250 g/mol. The minimum Gasteiger partial charge on any atom is -0.496 e. The second-order valence-corrected chi connectivity index (χ2v) is 5.33. The van der Waals surface area contributed by atoms with Crippen LogP contribution in [0.25, 0.3) is 0 Å². The molecule has 3 heteroatoms. The molecule has 0 fully saturated rings. The average Bonchev–Trinajstić information content (AvgIpc) is 2.36. The molecular formula is C15H26N2O. The summed E-state index contributed by atoms with van der Waals surface area (Å²) in [5, 5.41) is 0. The molecule has 0 aliphatic heterocycles. The Kier molecular flexibility index (Phi) is 4.77. The number of likely N-dealkylation sites (N-methyl/N-ethyl adjacent to an activating group) is 1. The van der Waals surface area contributed by atoms with Crippen molar-refractivity contribution in [1.29, 1.82) is 0 Å². The maximum atomic E-state index is 6.51. The molecule has 0 radical (unpaired) electrons. The normalized spacial score (nSPS) is 16.4. The highest BCUT2D eigenvalue weighted by atomic mass is 16.5. The van der Waals surface area contributed by atoms with Crippen LogP contribution in [0.3, 0.4) is 0 Å². The monoisotopic (exact) mass is 250 g/mol. The first-order valence-corrected chi connectivity index (χ1v) is 6.44. The molecule has 2 unspecified atom stereocenters. The molecule has 0 amide bonds. The van der Waals surface area contributed by atoms with Gasteiger partial charge in [0.15, 0.2) is 0 Å². The first-order valence-electron chi connectivity index (χ1n) is 6.44. The molecule has 0 aliphatic carbocycles. The maximum absolute atomic E-state index is 6.51.